The maximum atomic E-state index is 11.7. The van der Waals surface area contributed by atoms with E-state index in [2.05, 4.69) is 25.7 Å². The van der Waals surface area contributed by atoms with Gasteiger partial charge >= 0.3 is 6.61 Å². The number of rotatable bonds is 2. The second kappa shape index (κ2) is 3.80. The minimum absolute atomic E-state index is 0.0642. The highest BCUT2D eigenvalue weighted by molar-refractivity contribution is 9.10. The molecule has 0 saturated heterocycles. The van der Waals surface area contributed by atoms with E-state index in [1.165, 1.54) is 12.3 Å². The molecule has 0 unspecified atom stereocenters. The first-order valence-corrected chi connectivity index (χ1v) is 3.96. The monoisotopic (exact) mass is 237 g/mol. The van der Waals surface area contributed by atoms with Gasteiger partial charge in [0.05, 0.1) is 0 Å². The van der Waals surface area contributed by atoms with E-state index in [9.17, 15) is 8.78 Å². The summed E-state index contributed by atoms with van der Waals surface area (Å²) in [6.07, 6.45) is 1.42. The maximum absolute atomic E-state index is 11.7. The van der Waals surface area contributed by atoms with Crippen LogP contribution in [0.3, 0.4) is 0 Å². The molecule has 0 amide bonds. The molecule has 0 spiro atoms. The van der Waals surface area contributed by atoms with Crippen LogP contribution in [0.5, 0.6) is 5.88 Å². The van der Waals surface area contributed by atoms with Crippen LogP contribution in [0.25, 0.3) is 0 Å². The van der Waals surface area contributed by atoms with Crippen LogP contribution in [0.15, 0.2) is 16.7 Å². The summed E-state index contributed by atoms with van der Waals surface area (Å²) in [5.41, 5.74) is 0.806. The summed E-state index contributed by atoms with van der Waals surface area (Å²) in [7, 11) is 0. The van der Waals surface area contributed by atoms with E-state index in [0.717, 1.165) is 10.0 Å². The zero-order valence-electron chi connectivity index (χ0n) is 6.22. The molecule has 2 nitrogen and oxygen atoms in total. The summed E-state index contributed by atoms with van der Waals surface area (Å²) < 4.78 is 28.2. The smallest absolute Gasteiger partial charge is 0.388 e. The number of nitrogens with zero attached hydrogens (tertiary/aromatic N) is 1. The fourth-order valence-electron chi connectivity index (χ4n) is 0.669. The van der Waals surface area contributed by atoms with Crippen molar-refractivity contribution in [3.05, 3.63) is 22.3 Å². The average molecular weight is 238 g/mol. The third kappa shape index (κ3) is 2.41. The molecule has 1 aromatic rings. The summed E-state index contributed by atoms with van der Waals surface area (Å²) in [6, 6.07) is 1.44. The normalized spacial score (nSPS) is 10.4. The van der Waals surface area contributed by atoms with Gasteiger partial charge < -0.3 is 4.74 Å². The molecule has 0 atom stereocenters. The Labute approximate surface area is 76.7 Å². The van der Waals surface area contributed by atoms with Gasteiger partial charge in [-0.1, -0.05) is 0 Å². The summed E-state index contributed by atoms with van der Waals surface area (Å²) >= 11 is 3.19. The second-order valence-corrected chi connectivity index (χ2v) is 3.00. The Kier molecular flexibility index (Phi) is 2.97. The van der Waals surface area contributed by atoms with Crippen LogP contribution in [0, 0.1) is 6.92 Å². The van der Waals surface area contributed by atoms with Crippen LogP contribution < -0.4 is 4.74 Å². The van der Waals surface area contributed by atoms with Crippen molar-refractivity contribution in [2.75, 3.05) is 0 Å². The van der Waals surface area contributed by atoms with E-state index in [0.29, 0.717) is 0 Å². The first-order valence-electron chi connectivity index (χ1n) is 3.16. The lowest BCUT2D eigenvalue weighted by Gasteiger charge is -2.04. The zero-order valence-corrected chi connectivity index (χ0v) is 7.81. The third-order valence-electron chi connectivity index (χ3n) is 1.23. The molecule has 0 N–H and O–H groups in total. The lowest BCUT2D eigenvalue weighted by Crippen LogP contribution is -2.03. The van der Waals surface area contributed by atoms with Gasteiger partial charge in [0, 0.05) is 16.7 Å². The van der Waals surface area contributed by atoms with Crippen LogP contribution in [-0.4, -0.2) is 11.6 Å². The van der Waals surface area contributed by atoms with Crippen molar-refractivity contribution in [3.8, 4) is 5.88 Å². The molecule has 0 fully saturated rings. The average Bonchev–Trinajstić information content (AvgIpc) is 1.96. The molecule has 1 rings (SSSR count). The fourth-order valence-corrected chi connectivity index (χ4v) is 0.886. The maximum Gasteiger partial charge on any atom is 0.388 e. The van der Waals surface area contributed by atoms with Crippen molar-refractivity contribution in [1.29, 1.82) is 0 Å². The Morgan fingerprint density at radius 3 is 2.75 bits per heavy atom. The Hall–Kier alpha value is -0.710. The van der Waals surface area contributed by atoms with Gasteiger partial charge in [-0.2, -0.15) is 8.78 Å². The van der Waals surface area contributed by atoms with Gasteiger partial charge in [-0.25, -0.2) is 4.98 Å². The standard InChI is InChI=1S/C7H6BrF2NO/c1-4-2-6(12-7(9)10)11-3-5(4)8/h2-3,7H,1H3. The fraction of sp³-hybridized carbons (Fsp3) is 0.286. The van der Waals surface area contributed by atoms with Gasteiger partial charge in [0.15, 0.2) is 0 Å². The molecule has 0 aliphatic rings. The first kappa shape index (κ1) is 9.38. The minimum atomic E-state index is -2.82. The molecule has 0 saturated carbocycles. The Morgan fingerprint density at radius 2 is 2.25 bits per heavy atom. The molecule has 0 aliphatic heterocycles. The van der Waals surface area contributed by atoms with Crippen LogP contribution in [0.2, 0.25) is 0 Å². The number of alkyl halides is 2. The molecule has 12 heavy (non-hydrogen) atoms. The SMILES string of the molecule is Cc1cc(OC(F)F)ncc1Br. The summed E-state index contributed by atoms with van der Waals surface area (Å²) in [6.45, 7) is -1.05. The van der Waals surface area contributed by atoms with Gasteiger partial charge in [-0.05, 0) is 28.4 Å². The van der Waals surface area contributed by atoms with E-state index >= 15 is 0 Å². The van der Waals surface area contributed by atoms with E-state index in [4.69, 9.17) is 0 Å². The summed E-state index contributed by atoms with van der Waals surface area (Å²) in [5, 5.41) is 0. The lowest BCUT2D eigenvalue weighted by molar-refractivity contribution is -0.0528. The van der Waals surface area contributed by atoms with Gasteiger partial charge in [0.2, 0.25) is 5.88 Å². The van der Waals surface area contributed by atoms with Gasteiger partial charge in [0.1, 0.15) is 0 Å². The molecular weight excluding hydrogens is 232 g/mol. The highest BCUT2D eigenvalue weighted by atomic mass is 79.9. The molecule has 1 aromatic heterocycles. The molecule has 0 bridgehead atoms. The summed E-state index contributed by atoms with van der Waals surface area (Å²) in [4.78, 5) is 3.63. The van der Waals surface area contributed by atoms with Crippen molar-refractivity contribution < 1.29 is 13.5 Å². The number of hydrogen-bond acceptors (Lipinski definition) is 2. The lowest BCUT2D eigenvalue weighted by atomic mass is 10.3. The van der Waals surface area contributed by atoms with E-state index in [1.807, 2.05) is 0 Å². The first-order chi connectivity index (χ1) is 5.59. The van der Waals surface area contributed by atoms with Gasteiger partial charge in [-0.15, -0.1) is 0 Å². The quantitative estimate of drug-likeness (QED) is 0.790. The molecule has 1 heterocycles. The van der Waals surface area contributed by atoms with Crippen LogP contribution >= 0.6 is 15.9 Å². The topological polar surface area (TPSA) is 22.1 Å². The van der Waals surface area contributed by atoms with Crippen molar-refractivity contribution in [3.63, 3.8) is 0 Å². The molecule has 0 aromatic carbocycles. The highest BCUT2D eigenvalue weighted by Gasteiger charge is 2.05. The van der Waals surface area contributed by atoms with Crippen LogP contribution in [-0.2, 0) is 0 Å². The van der Waals surface area contributed by atoms with Crippen LogP contribution in [0.4, 0.5) is 8.78 Å². The van der Waals surface area contributed by atoms with Crippen LogP contribution in [0.1, 0.15) is 5.56 Å². The minimum Gasteiger partial charge on any atom is -0.417 e. The highest BCUT2D eigenvalue weighted by Crippen LogP contribution is 2.19. The Morgan fingerprint density at radius 1 is 1.58 bits per heavy atom. The van der Waals surface area contributed by atoms with Crippen molar-refractivity contribution >= 4 is 15.9 Å². The number of aryl methyl sites for hydroxylation is 1. The van der Waals surface area contributed by atoms with E-state index in [1.54, 1.807) is 6.92 Å². The molecule has 0 aliphatic carbocycles. The molecule has 5 heteroatoms. The molecule has 0 radical (unpaired) electrons. The van der Waals surface area contributed by atoms with Crippen molar-refractivity contribution in [2.45, 2.75) is 13.5 Å². The summed E-state index contributed by atoms with van der Waals surface area (Å²) in [5.74, 6) is -0.0642. The van der Waals surface area contributed by atoms with Crippen molar-refractivity contribution in [2.24, 2.45) is 0 Å². The number of halogens is 3. The largest absolute Gasteiger partial charge is 0.417 e. The van der Waals surface area contributed by atoms with E-state index < -0.39 is 6.61 Å². The van der Waals surface area contributed by atoms with Gasteiger partial charge in [0.25, 0.3) is 0 Å². The number of hydrogen-bond donors (Lipinski definition) is 0. The third-order valence-corrected chi connectivity index (χ3v) is 2.06. The second-order valence-electron chi connectivity index (χ2n) is 2.15. The number of ether oxygens (including phenoxy) is 1. The van der Waals surface area contributed by atoms with Gasteiger partial charge in [-0.3, -0.25) is 0 Å². The Bertz CT molecular complexity index is 280. The predicted molar refractivity (Wildman–Crippen MR) is 43.3 cm³/mol. The van der Waals surface area contributed by atoms with Crippen molar-refractivity contribution in [1.82, 2.24) is 4.98 Å². The molecular formula is C7H6BrF2NO. The number of aromatic nitrogens is 1. The Balaban J connectivity index is 2.82. The number of pyridine rings is 1. The van der Waals surface area contributed by atoms with E-state index in [-0.39, 0.29) is 5.88 Å². The molecule has 66 valence electrons. The zero-order chi connectivity index (χ0) is 9.14. The predicted octanol–water partition coefficient (Wildman–Crippen LogP) is 2.75.